The Bertz CT molecular complexity index is 1050. The Kier molecular flexibility index (Phi) is 5.82. The number of ether oxygens (including phenoxy) is 1. The first-order valence-electron chi connectivity index (χ1n) is 8.91. The molecular weight excluding hydrogens is 409 g/mol. The van der Waals surface area contributed by atoms with Crippen LogP contribution < -0.4 is 10.1 Å². The molecule has 1 amide bonds. The van der Waals surface area contributed by atoms with Crippen molar-refractivity contribution in [1.82, 2.24) is 9.88 Å². The topological polar surface area (TPSA) is 54.5 Å². The Morgan fingerprint density at radius 2 is 2.10 bits per heavy atom. The molecule has 3 aromatic rings. The quantitative estimate of drug-likeness (QED) is 0.605. The van der Waals surface area contributed by atoms with Crippen molar-refractivity contribution in [3.8, 4) is 5.75 Å². The molecule has 5 nitrogen and oxygen atoms in total. The summed E-state index contributed by atoms with van der Waals surface area (Å²) in [5, 5.41) is 6.66. The number of hydrogen-bond acceptors (Lipinski definition) is 6. The number of benzene rings is 2. The number of aromatic nitrogens is 1. The molecule has 1 fully saturated rings. The van der Waals surface area contributed by atoms with Crippen LogP contribution in [0.3, 0.4) is 0 Å². The number of rotatable bonds is 5. The van der Waals surface area contributed by atoms with Crippen LogP contribution in [0.15, 0.2) is 58.9 Å². The fraction of sp³-hybridized carbons (Fsp3) is 0.143. The zero-order valence-electron chi connectivity index (χ0n) is 15.6. The van der Waals surface area contributed by atoms with Crippen molar-refractivity contribution in [1.29, 1.82) is 0 Å². The molecule has 2 aromatic carbocycles. The fourth-order valence-corrected chi connectivity index (χ4v) is 4.56. The van der Waals surface area contributed by atoms with Crippen molar-refractivity contribution in [2.75, 3.05) is 24.7 Å². The SMILES string of the molecule is COc1cccc(C(=O)N2CCS/C2=C/c2csc(Nc3ccc(F)cc3)n2)c1. The van der Waals surface area contributed by atoms with Gasteiger partial charge in [-0.3, -0.25) is 4.79 Å². The zero-order valence-corrected chi connectivity index (χ0v) is 17.2. The van der Waals surface area contributed by atoms with E-state index in [-0.39, 0.29) is 11.7 Å². The van der Waals surface area contributed by atoms with E-state index in [2.05, 4.69) is 10.3 Å². The molecule has 29 heavy (non-hydrogen) atoms. The standard InChI is InChI=1S/C21H18FN3O2S2/c1-27-18-4-2-3-14(11-18)20(26)25-9-10-28-19(25)12-17-13-29-21(24-17)23-16-7-5-15(22)6-8-16/h2-8,11-13H,9-10H2,1H3,(H,23,24)/b19-12+. The van der Waals surface area contributed by atoms with Gasteiger partial charge in [0.15, 0.2) is 5.13 Å². The average Bonchev–Trinajstić information content (AvgIpc) is 3.39. The average molecular weight is 428 g/mol. The van der Waals surface area contributed by atoms with Crippen molar-refractivity contribution < 1.29 is 13.9 Å². The lowest BCUT2D eigenvalue weighted by Gasteiger charge is -2.17. The number of carbonyl (C=O) groups excluding carboxylic acids is 1. The first-order chi connectivity index (χ1) is 14.1. The monoisotopic (exact) mass is 427 g/mol. The largest absolute Gasteiger partial charge is 0.497 e. The predicted molar refractivity (Wildman–Crippen MR) is 116 cm³/mol. The summed E-state index contributed by atoms with van der Waals surface area (Å²) in [4.78, 5) is 19.3. The van der Waals surface area contributed by atoms with Crippen molar-refractivity contribution in [2.45, 2.75) is 0 Å². The third-order valence-electron chi connectivity index (χ3n) is 4.28. The second-order valence-corrected chi connectivity index (χ2v) is 8.20. The summed E-state index contributed by atoms with van der Waals surface area (Å²) in [6.07, 6.45) is 1.92. The molecule has 1 N–H and O–H groups in total. The van der Waals surface area contributed by atoms with E-state index in [1.165, 1.54) is 23.5 Å². The van der Waals surface area contributed by atoms with Crippen LogP contribution >= 0.6 is 23.1 Å². The predicted octanol–water partition coefficient (Wildman–Crippen LogP) is 5.22. The lowest BCUT2D eigenvalue weighted by Crippen LogP contribution is -2.26. The van der Waals surface area contributed by atoms with Gasteiger partial charge in [0, 0.05) is 28.9 Å². The summed E-state index contributed by atoms with van der Waals surface area (Å²) >= 11 is 3.08. The van der Waals surface area contributed by atoms with Crippen molar-refractivity contribution >= 4 is 45.9 Å². The number of methoxy groups -OCH3 is 1. The van der Waals surface area contributed by atoms with E-state index in [0.717, 1.165) is 22.2 Å². The van der Waals surface area contributed by atoms with Crippen molar-refractivity contribution in [3.63, 3.8) is 0 Å². The van der Waals surface area contributed by atoms with Gasteiger partial charge < -0.3 is 15.0 Å². The summed E-state index contributed by atoms with van der Waals surface area (Å²) in [6.45, 7) is 0.650. The summed E-state index contributed by atoms with van der Waals surface area (Å²) in [6, 6.07) is 13.3. The van der Waals surface area contributed by atoms with E-state index < -0.39 is 0 Å². The van der Waals surface area contributed by atoms with Crippen LogP contribution in [0.25, 0.3) is 6.08 Å². The fourth-order valence-electron chi connectivity index (χ4n) is 2.86. The molecule has 8 heteroatoms. The molecular formula is C21H18FN3O2S2. The van der Waals surface area contributed by atoms with Gasteiger partial charge in [-0.1, -0.05) is 6.07 Å². The maximum absolute atomic E-state index is 13.0. The van der Waals surface area contributed by atoms with Gasteiger partial charge in [0.1, 0.15) is 11.6 Å². The van der Waals surface area contributed by atoms with Gasteiger partial charge in [-0.2, -0.15) is 0 Å². The molecule has 1 aliphatic rings. The number of thiazole rings is 1. The maximum atomic E-state index is 13.0. The van der Waals surface area contributed by atoms with Crippen LogP contribution in [-0.2, 0) is 0 Å². The van der Waals surface area contributed by atoms with E-state index in [4.69, 9.17) is 4.74 Å². The highest BCUT2D eigenvalue weighted by Gasteiger charge is 2.25. The molecule has 1 saturated heterocycles. The summed E-state index contributed by atoms with van der Waals surface area (Å²) in [5.74, 6) is 1.16. The zero-order chi connectivity index (χ0) is 20.2. The second kappa shape index (κ2) is 8.67. The first kappa shape index (κ1) is 19.5. The third kappa shape index (κ3) is 4.60. The minimum atomic E-state index is -0.279. The Morgan fingerprint density at radius 3 is 2.90 bits per heavy atom. The summed E-state index contributed by atoms with van der Waals surface area (Å²) < 4.78 is 18.3. The Balaban J connectivity index is 1.50. The molecule has 0 radical (unpaired) electrons. The van der Waals surface area contributed by atoms with Gasteiger partial charge in [0.05, 0.1) is 17.8 Å². The molecule has 2 heterocycles. The minimum absolute atomic E-state index is 0.0555. The summed E-state index contributed by atoms with van der Waals surface area (Å²) in [5.41, 5.74) is 2.13. The van der Waals surface area contributed by atoms with Crippen LogP contribution in [0, 0.1) is 5.82 Å². The number of amides is 1. The Labute approximate surface area is 176 Å². The molecule has 0 aliphatic carbocycles. The van der Waals surface area contributed by atoms with Crippen molar-refractivity contribution in [3.05, 3.63) is 76.0 Å². The molecule has 0 bridgehead atoms. The van der Waals surface area contributed by atoms with Crippen LogP contribution in [0.4, 0.5) is 15.2 Å². The van der Waals surface area contributed by atoms with Crippen molar-refractivity contribution in [2.24, 2.45) is 0 Å². The van der Waals surface area contributed by atoms with Gasteiger partial charge in [0.2, 0.25) is 0 Å². The number of hydrogen-bond donors (Lipinski definition) is 1. The molecule has 0 saturated carbocycles. The highest BCUT2D eigenvalue weighted by molar-refractivity contribution is 8.03. The van der Waals surface area contributed by atoms with Crippen LogP contribution in [0.2, 0.25) is 0 Å². The second-order valence-electron chi connectivity index (χ2n) is 6.23. The number of nitrogens with zero attached hydrogens (tertiary/aromatic N) is 2. The van der Waals surface area contributed by atoms with Crippen LogP contribution in [0.1, 0.15) is 16.1 Å². The van der Waals surface area contributed by atoms with Crippen LogP contribution in [-0.4, -0.2) is 35.2 Å². The molecule has 1 aliphatic heterocycles. The first-order valence-corrected chi connectivity index (χ1v) is 10.8. The molecule has 0 spiro atoms. The number of thioether (sulfide) groups is 1. The third-order valence-corrected chi connectivity index (χ3v) is 6.08. The van der Waals surface area contributed by atoms with E-state index in [0.29, 0.717) is 23.0 Å². The van der Waals surface area contributed by atoms with Gasteiger partial charge >= 0.3 is 0 Å². The summed E-state index contributed by atoms with van der Waals surface area (Å²) in [7, 11) is 1.58. The van der Waals surface area contributed by atoms with E-state index in [1.54, 1.807) is 48.0 Å². The van der Waals surface area contributed by atoms with Gasteiger partial charge in [0.25, 0.3) is 5.91 Å². The highest BCUT2D eigenvalue weighted by atomic mass is 32.2. The van der Waals surface area contributed by atoms with E-state index >= 15 is 0 Å². The Hall–Kier alpha value is -2.84. The maximum Gasteiger partial charge on any atom is 0.258 e. The molecule has 148 valence electrons. The lowest BCUT2D eigenvalue weighted by molar-refractivity contribution is 0.0830. The molecule has 1 aromatic heterocycles. The number of nitrogens with one attached hydrogen (secondary N) is 1. The molecule has 0 atom stereocenters. The highest BCUT2D eigenvalue weighted by Crippen LogP contribution is 2.32. The van der Waals surface area contributed by atoms with Gasteiger partial charge in [-0.15, -0.1) is 23.1 Å². The lowest BCUT2D eigenvalue weighted by atomic mass is 10.2. The number of anilines is 2. The van der Waals surface area contributed by atoms with E-state index in [9.17, 15) is 9.18 Å². The van der Waals surface area contributed by atoms with Gasteiger partial charge in [-0.05, 0) is 48.5 Å². The van der Waals surface area contributed by atoms with Crippen LogP contribution in [0.5, 0.6) is 5.75 Å². The van der Waals surface area contributed by atoms with E-state index in [1.807, 2.05) is 23.6 Å². The smallest absolute Gasteiger partial charge is 0.258 e. The minimum Gasteiger partial charge on any atom is -0.497 e. The van der Waals surface area contributed by atoms with Gasteiger partial charge in [-0.25, -0.2) is 9.37 Å². The molecule has 4 rings (SSSR count). The molecule has 0 unspecified atom stereocenters. The number of carbonyl (C=O) groups is 1. The normalized spacial score (nSPS) is 15.0. The number of halogens is 1. The Morgan fingerprint density at radius 1 is 1.28 bits per heavy atom.